The van der Waals surface area contributed by atoms with Crippen molar-refractivity contribution in [2.75, 3.05) is 18.1 Å². The SMILES string of the molecule is Cc1nc(N2CCOC3CCCC32)sc1C(=O)O. The van der Waals surface area contributed by atoms with Crippen LogP contribution in [-0.4, -0.2) is 41.4 Å². The quantitative estimate of drug-likeness (QED) is 0.887. The average Bonchev–Trinajstić information content (AvgIpc) is 2.94. The number of anilines is 1. The summed E-state index contributed by atoms with van der Waals surface area (Å²) in [6.07, 6.45) is 3.71. The Hall–Kier alpha value is -1.14. The van der Waals surface area contributed by atoms with E-state index >= 15 is 0 Å². The highest BCUT2D eigenvalue weighted by Crippen LogP contribution is 2.35. The van der Waals surface area contributed by atoms with Gasteiger partial charge >= 0.3 is 5.97 Å². The van der Waals surface area contributed by atoms with Gasteiger partial charge in [0.15, 0.2) is 5.13 Å². The summed E-state index contributed by atoms with van der Waals surface area (Å²) in [5.74, 6) is -0.882. The lowest BCUT2D eigenvalue weighted by molar-refractivity contribution is 0.0256. The highest BCUT2D eigenvalue weighted by atomic mass is 32.1. The van der Waals surface area contributed by atoms with Crippen LogP contribution >= 0.6 is 11.3 Å². The number of thiazole rings is 1. The van der Waals surface area contributed by atoms with E-state index in [0.29, 0.717) is 29.3 Å². The maximum absolute atomic E-state index is 11.1. The van der Waals surface area contributed by atoms with E-state index in [1.165, 1.54) is 17.8 Å². The van der Waals surface area contributed by atoms with Gasteiger partial charge in [0, 0.05) is 6.54 Å². The van der Waals surface area contributed by atoms with Crippen molar-refractivity contribution in [2.45, 2.75) is 38.3 Å². The van der Waals surface area contributed by atoms with Gasteiger partial charge in [-0.1, -0.05) is 11.3 Å². The topological polar surface area (TPSA) is 62.7 Å². The van der Waals surface area contributed by atoms with Crippen molar-refractivity contribution in [1.29, 1.82) is 0 Å². The lowest BCUT2D eigenvalue weighted by Gasteiger charge is -2.37. The van der Waals surface area contributed by atoms with E-state index in [4.69, 9.17) is 9.84 Å². The third-order valence-electron chi connectivity index (χ3n) is 3.71. The Morgan fingerprint density at radius 1 is 1.56 bits per heavy atom. The molecule has 18 heavy (non-hydrogen) atoms. The maximum atomic E-state index is 11.1. The van der Waals surface area contributed by atoms with Crippen LogP contribution in [0.1, 0.15) is 34.6 Å². The van der Waals surface area contributed by atoms with Crippen LogP contribution in [0, 0.1) is 6.92 Å². The summed E-state index contributed by atoms with van der Waals surface area (Å²) in [6, 6.07) is 0.381. The molecule has 2 unspecified atom stereocenters. The molecule has 98 valence electrons. The lowest BCUT2D eigenvalue weighted by atomic mass is 10.1. The minimum absolute atomic E-state index is 0.302. The van der Waals surface area contributed by atoms with Gasteiger partial charge in [-0.25, -0.2) is 9.78 Å². The Kier molecular flexibility index (Phi) is 2.99. The van der Waals surface area contributed by atoms with E-state index in [1.807, 2.05) is 0 Å². The van der Waals surface area contributed by atoms with Crippen molar-refractivity contribution in [3.8, 4) is 0 Å². The first-order valence-electron chi connectivity index (χ1n) is 6.26. The van der Waals surface area contributed by atoms with Crippen LogP contribution in [0.3, 0.4) is 0 Å². The van der Waals surface area contributed by atoms with E-state index in [1.54, 1.807) is 6.92 Å². The van der Waals surface area contributed by atoms with E-state index < -0.39 is 5.97 Å². The molecule has 0 aromatic carbocycles. The third-order valence-corrected chi connectivity index (χ3v) is 4.89. The van der Waals surface area contributed by atoms with Crippen LogP contribution in [0.2, 0.25) is 0 Å². The van der Waals surface area contributed by atoms with Gasteiger partial charge in [-0.05, 0) is 26.2 Å². The first kappa shape index (κ1) is 11.9. The number of carboxylic acids is 1. The van der Waals surface area contributed by atoms with Crippen molar-refractivity contribution in [3.63, 3.8) is 0 Å². The molecule has 1 aliphatic carbocycles. The Bertz CT molecular complexity index is 474. The monoisotopic (exact) mass is 268 g/mol. The van der Waals surface area contributed by atoms with Crippen molar-refractivity contribution in [2.24, 2.45) is 0 Å². The van der Waals surface area contributed by atoms with Gasteiger partial charge < -0.3 is 14.7 Å². The van der Waals surface area contributed by atoms with Crippen LogP contribution in [-0.2, 0) is 4.74 Å². The van der Waals surface area contributed by atoms with E-state index in [9.17, 15) is 4.79 Å². The second kappa shape index (κ2) is 4.51. The number of morpholine rings is 1. The van der Waals surface area contributed by atoms with Crippen LogP contribution in [0.5, 0.6) is 0 Å². The number of hydrogen-bond donors (Lipinski definition) is 1. The third kappa shape index (κ3) is 1.89. The molecule has 2 fully saturated rings. The van der Waals surface area contributed by atoms with E-state index in [-0.39, 0.29) is 0 Å². The molecule has 3 rings (SSSR count). The smallest absolute Gasteiger partial charge is 0.347 e. The normalized spacial score (nSPS) is 27.3. The second-order valence-corrected chi connectivity index (χ2v) is 5.79. The summed E-state index contributed by atoms with van der Waals surface area (Å²) >= 11 is 1.28. The molecule has 0 spiro atoms. The van der Waals surface area contributed by atoms with Crippen molar-refractivity contribution < 1.29 is 14.6 Å². The number of hydrogen-bond acceptors (Lipinski definition) is 5. The Balaban J connectivity index is 1.89. The van der Waals surface area contributed by atoms with Crippen molar-refractivity contribution in [3.05, 3.63) is 10.6 Å². The standard InChI is InChI=1S/C12H16N2O3S/c1-7-10(11(15)16)18-12(13-7)14-5-6-17-9-4-2-3-8(9)14/h8-9H,2-6H2,1H3,(H,15,16). The van der Waals surface area contributed by atoms with Gasteiger partial charge in [0.25, 0.3) is 0 Å². The number of aromatic carboxylic acids is 1. The summed E-state index contributed by atoms with van der Waals surface area (Å²) in [6.45, 7) is 3.28. The molecule has 2 aliphatic rings. The van der Waals surface area contributed by atoms with Gasteiger partial charge in [-0.3, -0.25) is 0 Å². The maximum Gasteiger partial charge on any atom is 0.347 e. The molecule has 2 heterocycles. The van der Waals surface area contributed by atoms with Crippen LogP contribution in [0.4, 0.5) is 5.13 Å². The molecule has 0 radical (unpaired) electrons. The Morgan fingerprint density at radius 2 is 2.39 bits per heavy atom. The molecule has 1 saturated carbocycles. The number of fused-ring (bicyclic) bond motifs is 1. The first-order valence-corrected chi connectivity index (χ1v) is 7.07. The van der Waals surface area contributed by atoms with Gasteiger partial charge in [0.1, 0.15) is 4.88 Å². The highest BCUT2D eigenvalue weighted by Gasteiger charge is 2.37. The first-order chi connectivity index (χ1) is 8.66. The number of aromatic nitrogens is 1. The van der Waals surface area contributed by atoms with Gasteiger partial charge in [0.2, 0.25) is 0 Å². The summed E-state index contributed by atoms with van der Waals surface area (Å²) in [4.78, 5) is 18.1. The fraction of sp³-hybridized carbons (Fsp3) is 0.667. The van der Waals surface area contributed by atoms with Gasteiger partial charge in [0.05, 0.1) is 24.4 Å². The predicted octanol–water partition coefficient (Wildman–Crippen LogP) is 1.91. The fourth-order valence-electron chi connectivity index (χ4n) is 2.87. The molecule has 2 atom stereocenters. The average molecular weight is 268 g/mol. The Labute approximate surface area is 109 Å². The number of rotatable bonds is 2. The number of nitrogens with zero attached hydrogens (tertiary/aromatic N) is 2. The summed E-state index contributed by atoms with van der Waals surface area (Å²) < 4.78 is 5.76. The Morgan fingerprint density at radius 3 is 3.11 bits per heavy atom. The zero-order valence-electron chi connectivity index (χ0n) is 10.3. The van der Waals surface area contributed by atoms with E-state index in [0.717, 1.165) is 24.5 Å². The lowest BCUT2D eigenvalue weighted by Crippen LogP contribution is -2.48. The number of carbonyl (C=O) groups is 1. The largest absolute Gasteiger partial charge is 0.477 e. The molecule has 0 bridgehead atoms. The highest BCUT2D eigenvalue weighted by molar-refractivity contribution is 7.17. The fourth-order valence-corrected chi connectivity index (χ4v) is 3.86. The summed E-state index contributed by atoms with van der Waals surface area (Å²) in [7, 11) is 0. The summed E-state index contributed by atoms with van der Waals surface area (Å²) in [5.41, 5.74) is 0.614. The molecule has 1 saturated heterocycles. The second-order valence-electron chi connectivity index (χ2n) is 4.82. The van der Waals surface area contributed by atoms with Crippen molar-refractivity contribution >= 4 is 22.4 Å². The predicted molar refractivity (Wildman–Crippen MR) is 68.5 cm³/mol. The van der Waals surface area contributed by atoms with Crippen molar-refractivity contribution in [1.82, 2.24) is 4.98 Å². The number of ether oxygens (including phenoxy) is 1. The van der Waals surface area contributed by atoms with Gasteiger partial charge in [-0.2, -0.15) is 0 Å². The van der Waals surface area contributed by atoms with Crippen LogP contribution in [0.25, 0.3) is 0 Å². The minimum atomic E-state index is -0.882. The number of carboxylic acid groups (broad SMARTS) is 1. The van der Waals surface area contributed by atoms with Crippen LogP contribution < -0.4 is 4.90 Å². The zero-order chi connectivity index (χ0) is 12.7. The van der Waals surface area contributed by atoms with Gasteiger partial charge in [-0.15, -0.1) is 0 Å². The molecular formula is C12H16N2O3S. The zero-order valence-corrected chi connectivity index (χ0v) is 11.1. The molecule has 5 nitrogen and oxygen atoms in total. The molecule has 1 aromatic rings. The molecule has 1 aliphatic heterocycles. The molecule has 0 amide bonds. The van der Waals surface area contributed by atoms with E-state index in [2.05, 4.69) is 9.88 Å². The molecule has 6 heteroatoms. The van der Waals surface area contributed by atoms with Crippen LogP contribution in [0.15, 0.2) is 0 Å². The number of aryl methyl sites for hydroxylation is 1. The molecule has 1 aromatic heterocycles. The minimum Gasteiger partial charge on any atom is -0.477 e. The summed E-state index contributed by atoms with van der Waals surface area (Å²) in [5, 5.41) is 9.93. The molecule has 1 N–H and O–H groups in total. The molecular weight excluding hydrogens is 252 g/mol.